The lowest BCUT2D eigenvalue weighted by atomic mass is 10.3. The van der Waals surface area contributed by atoms with E-state index in [4.69, 9.17) is 5.11 Å². The number of carboxylic acids is 1. The summed E-state index contributed by atoms with van der Waals surface area (Å²) in [5.41, 5.74) is -0.925. The van der Waals surface area contributed by atoms with Gasteiger partial charge in [0.15, 0.2) is 0 Å². The summed E-state index contributed by atoms with van der Waals surface area (Å²) in [5, 5.41) is 18.8. The number of hydrogen-bond acceptors (Lipinski definition) is 5. The third-order valence-electron chi connectivity index (χ3n) is 1.84. The summed E-state index contributed by atoms with van der Waals surface area (Å²) in [6.45, 7) is 0.0970. The van der Waals surface area contributed by atoms with Gasteiger partial charge < -0.3 is 5.11 Å². The maximum absolute atomic E-state index is 11.2. The number of aromatic nitrogens is 2. The van der Waals surface area contributed by atoms with Gasteiger partial charge in [0.2, 0.25) is 0 Å². The zero-order chi connectivity index (χ0) is 12.1. The smallest absolute Gasteiger partial charge is 0.347 e. The molecule has 1 heterocycles. The lowest BCUT2D eigenvalue weighted by Gasteiger charge is -2.02. The number of nitro groups is 1. The summed E-state index contributed by atoms with van der Waals surface area (Å²) < 4.78 is 1.03. The van der Waals surface area contributed by atoms with Crippen molar-refractivity contribution in [3.05, 3.63) is 33.0 Å². The molecule has 8 heteroatoms. The van der Waals surface area contributed by atoms with E-state index in [1.54, 1.807) is 0 Å². The van der Waals surface area contributed by atoms with E-state index in [-0.39, 0.29) is 25.1 Å². The van der Waals surface area contributed by atoms with Crippen LogP contribution < -0.4 is 5.69 Å². The van der Waals surface area contributed by atoms with Gasteiger partial charge in [0.05, 0.1) is 11.1 Å². The molecule has 0 saturated heterocycles. The van der Waals surface area contributed by atoms with Crippen LogP contribution in [0.2, 0.25) is 0 Å². The van der Waals surface area contributed by atoms with Crippen LogP contribution in [0.25, 0.3) is 0 Å². The molecule has 0 aliphatic rings. The van der Waals surface area contributed by atoms with Gasteiger partial charge in [0, 0.05) is 13.0 Å². The van der Waals surface area contributed by atoms with Gasteiger partial charge in [-0.2, -0.15) is 4.98 Å². The third-order valence-corrected chi connectivity index (χ3v) is 1.84. The van der Waals surface area contributed by atoms with Crippen molar-refractivity contribution in [2.45, 2.75) is 19.4 Å². The van der Waals surface area contributed by atoms with Crippen LogP contribution >= 0.6 is 0 Å². The number of rotatable bonds is 5. The number of nitrogens with zero attached hydrogens (tertiary/aromatic N) is 3. The minimum atomic E-state index is -0.980. The van der Waals surface area contributed by atoms with E-state index in [0.717, 1.165) is 17.0 Å². The first-order chi connectivity index (χ1) is 7.50. The van der Waals surface area contributed by atoms with Gasteiger partial charge in [-0.25, -0.2) is 4.79 Å². The second kappa shape index (κ2) is 5.01. The Morgan fingerprint density at radius 1 is 1.62 bits per heavy atom. The molecule has 0 bridgehead atoms. The van der Waals surface area contributed by atoms with Gasteiger partial charge in [0.25, 0.3) is 0 Å². The Bertz CT molecular complexity index is 467. The number of carbonyl (C=O) groups is 1. The second-order valence-electron chi connectivity index (χ2n) is 3.04. The molecular formula is C8H9N3O5. The van der Waals surface area contributed by atoms with Gasteiger partial charge in [-0.05, 0) is 6.42 Å². The van der Waals surface area contributed by atoms with Gasteiger partial charge in [-0.3, -0.25) is 19.5 Å². The molecule has 0 aliphatic carbocycles. The van der Waals surface area contributed by atoms with Crippen LogP contribution in [0.4, 0.5) is 5.69 Å². The van der Waals surface area contributed by atoms with Crippen LogP contribution in [0.15, 0.2) is 17.2 Å². The van der Waals surface area contributed by atoms with E-state index in [2.05, 4.69) is 4.98 Å². The second-order valence-corrected chi connectivity index (χ2v) is 3.04. The maximum atomic E-state index is 11.2. The molecule has 16 heavy (non-hydrogen) atoms. The minimum Gasteiger partial charge on any atom is -0.481 e. The Kier molecular flexibility index (Phi) is 3.70. The molecule has 86 valence electrons. The standard InChI is InChI=1S/C8H9N3O5/c12-7(13)2-1-3-10-5-6(11(15)16)4-9-8(10)14/h4-5H,1-3H2,(H,12,13). The first-order valence-electron chi connectivity index (χ1n) is 4.43. The average molecular weight is 227 g/mol. The molecule has 0 amide bonds. The van der Waals surface area contributed by atoms with E-state index in [0.29, 0.717) is 0 Å². The highest BCUT2D eigenvalue weighted by Crippen LogP contribution is 2.05. The van der Waals surface area contributed by atoms with E-state index in [9.17, 15) is 19.7 Å². The molecule has 0 fully saturated rings. The Morgan fingerprint density at radius 3 is 2.88 bits per heavy atom. The van der Waals surface area contributed by atoms with Crippen molar-refractivity contribution >= 4 is 11.7 Å². The molecule has 0 saturated carbocycles. The zero-order valence-corrected chi connectivity index (χ0v) is 8.20. The Balaban J connectivity index is 2.78. The quantitative estimate of drug-likeness (QED) is 0.559. The monoisotopic (exact) mass is 227 g/mol. The molecule has 0 aromatic carbocycles. The molecule has 1 aromatic rings. The third kappa shape index (κ3) is 3.15. The summed E-state index contributed by atoms with van der Waals surface area (Å²) in [6.07, 6.45) is 2.04. The van der Waals surface area contributed by atoms with Crippen molar-refractivity contribution in [2.75, 3.05) is 0 Å². The van der Waals surface area contributed by atoms with Crippen molar-refractivity contribution in [2.24, 2.45) is 0 Å². The van der Waals surface area contributed by atoms with Crippen molar-refractivity contribution in [1.82, 2.24) is 9.55 Å². The highest BCUT2D eigenvalue weighted by Gasteiger charge is 2.08. The van der Waals surface area contributed by atoms with Crippen molar-refractivity contribution < 1.29 is 14.8 Å². The highest BCUT2D eigenvalue weighted by atomic mass is 16.6. The molecular weight excluding hydrogens is 218 g/mol. The van der Waals surface area contributed by atoms with Gasteiger partial charge in [-0.1, -0.05) is 0 Å². The van der Waals surface area contributed by atoms with Gasteiger partial charge in [-0.15, -0.1) is 0 Å². The van der Waals surface area contributed by atoms with Crippen LogP contribution in [0.3, 0.4) is 0 Å². The Labute approximate surface area is 89.3 Å². The van der Waals surface area contributed by atoms with Crippen LogP contribution in [0, 0.1) is 10.1 Å². The molecule has 1 aromatic heterocycles. The summed E-state index contributed by atoms with van der Waals surface area (Å²) in [7, 11) is 0. The molecule has 1 rings (SSSR count). The zero-order valence-electron chi connectivity index (χ0n) is 8.20. The lowest BCUT2D eigenvalue weighted by Crippen LogP contribution is -2.22. The minimum absolute atomic E-state index is 0.0970. The molecule has 0 radical (unpaired) electrons. The molecule has 0 aliphatic heterocycles. The number of carboxylic acid groups (broad SMARTS) is 1. The number of aliphatic carboxylic acids is 1. The summed E-state index contributed by atoms with van der Waals surface area (Å²) >= 11 is 0. The highest BCUT2D eigenvalue weighted by molar-refractivity contribution is 5.66. The fraction of sp³-hybridized carbons (Fsp3) is 0.375. The first-order valence-corrected chi connectivity index (χ1v) is 4.43. The summed E-state index contributed by atoms with van der Waals surface area (Å²) in [4.78, 5) is 34.4. The predicted molar refractivity (Wildman–Crippen MR) is 52.0 cm³/mol. The number of aryl methyl sites for hydroxylation is 1. The fourth-order valence-corrected chi connectivity index (χ4v) is 1.10. The SMILES string of the molecule is O=C(O)CCCn1cc([N+](=O)[O-])cnc1=O. The van der Waals surface area contributed by atoms with Crippen LogP contribution in [-0.4, -0.2) is 25.6 Å². The van der Waals surface area contributed by atoms with Gasteiger partial charge in [0.1, 0.15) is 6.20 Å². The van der Waals surface area contributed by atoms with Crippen LogP contribution in [0.5, 0.6) is 0 Å². The molecule has 8 nitrogen and oxygen atoms in total. The topological polar surface area (TPSA) is 115 Å². The van der Waals surface area contributed by atoms with E-state index >= 15 is 0 Å². The number of hydrogen-bond donors (Lipinski definition) is 1. The molecule has 1 N–H and O–H groups in total. The van der Waals surface area contributed by atoms with E-state index in [1.165, 1.54) is 0 Å². The van der Waals surface area contributed by atoms with Crippen molar-refractivity contribution in [3.63, 3.8) is 0 Å². The van der Waals surface area contributed by atoms with Crippen molar-refractivity contribution in [3.8, 4) is 0 Å². The summed E-state index contributed by atoms with van der Waals surface area (Å²) in [5.74, 6) is -0.980. The molecule has 0 unspecified atom stereocenters. The molecule has 0 spiro atoms. The first kappa shape index (κ1) is 11.8. The van der Waals surface area contributed by atoms with Crippen molar-refractivity contribution in [1.29, 1.82) is 0 Å². The maximum Gasteiger partial charge on any atom is 0.347 e. The average Bonchev–Trinajstić information content (AvgIpc) is 2.20. The van der Waals surface area contributed by atoms with E-state index in [1.807, 2.05) is 0 Å². The predicted octanol–water partition coefficient (Wildman–Crippen LogP) is 0.0163. The Morgan fingerprint density at radius 2 is 2.31 bits per heavy atom. The Hall–Kier alpha value is -2.25. The largest absolute Gasteiger partial charge is 0.481 e. The lowest BCUT2D eigenvalue weighted by molar-refractivity contribution is -0.385. The van der Waals surface area contributed by atoms with E-state index < -0.39 is 16.6 Å². The molecule has 0 atom stereocenters. The van der Waals surface area contributed by atoms with Crippen LogP contribution in [-0.2, 0) is 11.3 Å². The fourth-order valence-electron chi connectivity index (χ4n) is 1.10. The summed E-state index contributed by atoms with van der Waals surface area (Å²) in [6, 6.07) is 0. The van der Waals surface area contributed by atoms with Gasteiger partial charge >= 0.3 is 17.3 Å². The van der Waals surface area contributed by atoms with Crippen LogP contribution in [0.1, 0.15) is 12.8 Å². The normalized spacial score (nSPS) is 10.0.